The zero-order valence-electron chi connectivity index (χ0n) is 12.2. The normalized spacial score (nSPS) is 19.5. The Kier molecular flexibility index (Phi) is 4.46. The molecule has 2 aliphatic heterocycles. The lowest BCUT2D eigenvalue weighted by atomic mass is 10.3. The third kappa shape index (κ3) is 3.20. The number of piperazine rings is 1. The summed E-state index contributed by atoms with van der Waals surface area (Å²) < 4.78 is 0. The van der Waals surface area contributed by atoms with Gasteiger partial charge in [0.2, 0.25) is 11.8 Å². The van der Waals surface area contributed by atoms with Gasteiger partial charge < -0.3 is 19.6 Å². The van der Waals surface area contributed by atoms with Gasteiger partial charge in [0.1, 0.15) is 6.54 Å². The third-order valence-corrected chi connectivity index (χ3v) is 3.76. The first-order chi connectivity index (χ1) is 9.49. The summed E-state index contributed by atoms with van der Waals surface area (Å²) in [5.41, 5.74) is 0. The van der Waals surface area contributed by atoms with Crippen LogP contribution in [0, 0.1) is 0 Å². The Morgan fingerprint density at radius 2 is 1.70 bits per heavy atom. The second kappa shape index (κ2) is 6.11. The highest BCUT2D eigenvalue weighted by Gasteiger charge is 2.30. The molecular weight excluding hydrogens is 260 g/mol. The molecule has 2 rings (SSSR count). The van der Waals surface area contributed by atoms with Gasteiger partial charge >= 0.3 is 6.03 Å². The van der Waals surface area contributed by atoms with Gasteiger partial charge in [0.05, 0.1) is 6.54 Å². The average molecular weight is 282 g/mol. The molecule has 0 aromatic carbocycles. The number of carbonyl (C=O) groups excluding carboxylic acids is 3. The number of rotatable bonds is 2. The molecule has 7 nitrogen and oxygen atoms in total. The summed E-state index contributed by atoms with van der Waals surface area (Å²) in [4.78, 5) is 42.2. The lowest BCUT2D eigenvalue weighted by molar-refractivity contribution is -0.142. The lowest BCUT2D eigenvalue weighted by Crippen LogP contribution is -2.56. The zero-order chi connectivity index (χ0) is 14.7. The standard InChI is InChI=1S/C13H22N4O3/c1-14(2)13(20)17-8-7-16(12(19)10-17)9-11(18)15-5-3-4-6-15/h3-10H2,1-2H3. The van der Waals surface area contributed by atoms with Crippen molar-refractivity contribution in [1.29, 1.82) is 0 Å². The van der Waals surface area contributed by atoms with Gasteiger partial charge in [-0.2, -0.15) is 0 Å². The summed E-state index contributed by atoms with van der Waals surface area (Å²) >= 11 is 0. The summed E-state index contributed by atoms with van der Waals surface area (Å²) in [7, 11) is 3.33. The number of amides is 4. The van der Waals surface area contributed by atoms with Crippen molar-refractivity contribution in [2.45, 2.75) is 12.8 Å². The highest BCUT2D eigenvalue weighted by atomic mass is 16.2. The van der Waals surface area contributed by atoms with Crippen LogP contribution in [-0.2, 0) is 9.59 Å². The fourth-order valence-corrected chi connectivity index (χ4v) is 2.55. The quantitative estimate of drug-likeness (QED) is 0.681. The lowest BCUT2D eigenvalue weighted by Gasteiger charge is -2.35. The predicted octanol–water partition coefficient (Wildman–Crippen LogP) is -0.565. The second-order valence-corrected chi connectivity index (χ2v) is 5.50. The van der Waals surface area contributed by atoms with Gasteiger partial charge in [-0.25, -0.2) is 4.79 Å². The number of likely N-dealkylation sites (tertiary alicyclic amines) is 1. The van der Waals surface area contributed by atoms with E-state index in [4.69, 9.17) is 0 Å². The molecule has 0 atom stereocenters. The molecule has 0 aromatic rings. The SMILES string of the molecule is CN(C)C(=O)N1CCN(CC(=O)N2CCCC2)C(=O)C1. The largest absolute Gasteiger partial charge is 0.341 e. The van der Waals surface area contributed by atoms with E-state index in [1.807, 2.05) is 4.90 Å². The molecule has 0 aromatic heterocycles. The third-order valence-electron chi connectivity index (χ3n) is 3.76. The van der Waals surface area contributed by atoms with Crippen molar-refractivity contribution in [3.63, 3.8) is 0 Å². The molecule has 7 heteroatoms. The molecule has 112 valence electrons. The van der Waals surface area contributed by atoms with Gasteiger partial charge in [0.15, 0.2) is 0 Å². The topological polar surface area (TPSA) is 64.2 Å². The molecule has 0 N–H and O–H groups in total. The van der Waals surface area contributed by atoms with E-state index in [1.54, 1.807) is 19.0 Å². The minimum atomic E-state index is -0.163. The van der Waals surface area contributed by atoms with Crippen LogP contribution in [0.15, 0.2) is 0 Å². The van der Waals surface area contributed by atoms with Crippen LogP contribution in [0.3, 0.4) is 0 Å². The second-order valence-electron chi connectivity index (χ2n) is 5.50. The Balaban J connectivity index is 1.85. The Bertz CT molecular complexity index is 404. The van der Waals surface area contributed by atoms with Gasteiger partial charge in [-0.3, -0.25) is 9.59 Å². The van der Waals surface area contributed by atoms with Gasteiger partial charge in [-0.15, -0.1) is 0 Å². The van der Waals surface area contributed by atoms with Gasteiger partial charge in [0.25, 0.3) is 0 Å². The highest BCUT2D eigenvalue weighted by molar-refractivity contribution is 5.89. The molecule has 2 saturated heterocycles. The van der Waals surface area contributed by atoms with Crippen molar-refractivity contribution < 1.29 is 14.4 Å². The first-order valence-electron chi connectivity index (χ1n) is 7.01. The predicted molar refractivity (Wildman–Crippen MR) is 73.1 cm³/mol. The average Bonchev–Trinajstić information content (AvgIpc) is 2.94. The van der Waals surface area contributed by atoms with Gasteiger partial charge in [0, 0.05) is 40.3 Å². The van der Waals surface area contributed by atoms with E-state index in [0.29, 0.717) is 13.1 Å². The first kappa shape index (κ1) is 14.6. The molecule has 20 heavy (non-hydrogen) atoms. The van der Waals surface area contributed by atoms with Crippen LogP contribution >= 0.6 is 0 Å². The summed E-state index contributed by atoms with van der Waals surface area (Å²) in [6, 6.07) is -0.163. The smallest absolute Gasteiger partial charge is 0.320 e. The van der Waals surface area contributed by atoms with Gasteiger partial charge in [-0.1, -0.05) is 0 Å². The molecule has 0 aliphatic carbocycles. The number of carbonyl (C=O) groups is 3. The summed E-state index contributed by atoms with van der Waals surface area (Å²) in [6.45, 7) is 2.71. The van der Waals surface area contributed by atoms with Crippen LogP contribution in [0.25, 0.3) is 0 Å². The summed E-state index contributed by atoms with van der Waals surface area (Å²) in [6.07, 6.45) is 2.09. The minimum absolute atomic E-state index is 0.0169. The van der Waals surface area contributed by atoms with Gasteiger partial charge in [-0.05, 0) is 12.8 Å². The van der Waals surface area contributed by atoms with Crippen LogP contribution in [0.2, 0.25) is 0 Å². The van der Waals surface area contributed by atoms with E-state index >= 15 is 0 Å². The fourth-order valence-electron chi connectivity index (χ4n) is 2.55. The van der Waals surface area contributed by atoms with E-state index in [1.165, 1.54) is 9.80 Å². The molecule has 0 radical (unpaired) electrons. The van der Waals surface area contributed by atoms with Crippen molar-refractivity contribution in [3.05, 3.63) is 0 Å². The van der Waals surface area contributed by atoms with Crippen molar-refractivity contribution >= 4 is 17.8 Å². The van der Waals surface area contributed by atoms with Crippen molar-refractivity contribution in [2.24, 2.45) is 0 Å². The van der Waals surface area contributed by atoms with E-state index in [9.17, 15) is 14.4 Å². The first-order valence-corrected chi connectivity index (χ1v) is 7.01. The highest BCUT2D eigenvalue weighted by Crippen LogP contribution is 2.10. The Labute approximate surface area is 119 Å². The number of urea groups is 1. The van der Waals surface area contributed by atoms with E-state index < -0.39 is 0 Å². The Hall–Kier alpha value is -1.79. The molecular formula is C13H22N4O3. The molecule has 0 spiro atoms. The van der Waals surface area contributed by atoms with Crippen LogP contribution in [0.4, 0.5) is 4.79 Å². The zero-order valence-corrected chi connectivity index (χ0v) is 12.2. The fraction of sp³-hybridized carbons (Fsp3) is 0.769. The molecule has 2 aliphatic rings. The van der Waals surface area contributed by atoms with Crippen molar-refractivity contribution in [2.75, 3.05) is 53.4 Å². The molecule has 4 amide bonds. The van der Waals surface area contributed by atoms with E-state index in [-0.39, 0.29) is 30.9 Å². The van der Waals surface area contributed by atoms with Crippen LogP contribution < -0.4 is 0 Å². The molecule has 2 fully saturated rings. The molecule has 0 bridgehead atoms. The van der Waals surface area contributed by atoms with Crippen LogP contribution in [0.1, 0.15) is 12.8 Å². The van der Waals surface area contributed by atoms with Crippen molar-refractivity contribution in [1.82, 2.24) is 19.6 Å². The van der Waals surface area contributed by atoms with E-state index in [0.717, 1.165) is 25.9 Å². The maximum atomic E-state index is 12.0. The van der Waals surface area contributed by atoms with Crippen LogP contribution in [0.5, 0.6) is 0 Å². The minimum Gasteiger partial charge on any atom is -0.341 e. The van der Waals surface area contributed by atoms with E-state index in [2.05, 4.69) is 0 Å². The monoisotopic (exact) mass is 282 g/mol. The Morgan fingerprint density at radius 1 is 1.05 bits per heavy atom. The number of nitrogens with zero attached hydrogens (tertiary/aromatic N) is 4. The molecule has 0 saturated carbocycles. The maximum Gasteiger partial charge on any atom is 0.320 e. The maximum absolute atomic E-state index is 12.0. The number of hydrogen-bond acceptors (Lipinski definition) is 3. The molecule has 2 heterocycles. The summed E-state index contributed by atoms with van der Waals surface area (Å²) in [5.74, 6) is -0.137. The Morgan fingerprint density at radius 3 is 2.25 bits per heavy atom. The summed E-state index contributed by atoms with van der Waals surface area (Å²) in [5, 5.41) is 0. The van der Waals surface area contributed by atoms with Crippen LogP contribution in [-0.4, -0.2) is 90.8 Å². The number of hydrogen-bond donors (Lipinski definition) is 0. The molecule has 0 unspecified atom stereocenters. The van der Waals surface area contributed by atoms with Crippen molar-refractivity contribution in [3.8, 4) is 0 Å².